The van der Waals surface area contributed by atoms with Crippen molar-refractivity contribution in [1.29, 1.82) is 0 Å². The van der Waals surface area contributed by atoms with Crippen molar-refractivity contribution in [2.24, 2.45) is 0 Å². The third kappa shape index (κ3) is 3.23. The number of fused-ring (bicyclic) bond motifs is 1. The van der Waals surface area contributed by atoms with Crippen molar-refractivity contribution < 1.29 is 9.53 Å². The van der Waals surface area contributed by atoms with E-state index >= 15 is 0 Å². The average Bonchev–Trinajstić information content (AvgIpc) is 2.95. The van der Waals surface area contributed by atoms with Crippen molar-refractivity contribution >= 4 is 29.1 Å². The van der Waals surface area contributed by atoms with Crippen LogP contribution in [0, 0.1) is 6.92 Å². The number of hydrogen-bond donors (Lipinski definition) is 0. The van der Waals surface area contributed by atoms with Gasteiger partial charge in [0.2, 0.25) is 0 Å². The summed E-state index contributed by atoms with van der Waals surface area (Å²) in [6.45, 7) is 2.46. The summed E-state index contributed by atoms with van der Waals surface area (Å²) in [5.41, 5.74) is 4.31. The maximum absolute atomic E-state index is 13.3. The zero-order chi connectivity index (χ0) is 19.8. The first kappa shape index (κ1) is 18.8. The van der Waals surface area contributed by atoms with Gasteiger partial charge in [-0.2, -0.15) is 0 Å². The molecule has 0 saturated heterocycles. The highest BCUT2D eigenvalue weighted by Crippen LogP contribution is 2.44. The molecule has 1 aliphatic rings. The Labute approximate surface area is 173 Å². The van der Waals surface area contributed by atoms with Crippen LogP contribution in [0.4, 0.5) is 0 Å². The molecule has 1 aromatic heterocycles. The molecule has 2 heterocycles. The Morgan fingerprint density at radius 3 is 2.50 bits per heavy atom. The summed E-state index contributed by atoms with van der Waals surface area (Å²) in [6.07, 6.45) is 0. The van der Waals surface area contributed by atoms with E-state index in [0.717, 1.165) is 22.4 Å². The Bertz CT molecular complexity index is 1050. The standard InChI is InChI=1S/C22H18Cl2N2O2/c1-13-5-3-4-6-16(13)20-19-17(11-18(23)25-21(19)24)22(27)26(20)12-14-7-9-15(28-2)10-8-14/h3-11,20H,12H2,1-2H3. The van der Waals surface area contributed by atoms with Gasteiger partial charge < -0.3 is 9.64 Å². The molecule has 0 spiro atoms. The Balaban J connectivity index is 1.82. The van der Waals surface area contributed by atoms with Gasteiger partial charge >= 0.3 is 0 Å². The van der Waals surface area contributed by atoms with Gasteiger partial charge in [0.25, 0.3) is 5.91 Å². The van der Waals surface area contributed by atoms with Gasteiger partial charge in [0.1, 0.15) is 16.1 Å². The van der Waals surface area contributed by atoms with Crippen LogP contribution in [0.1, 0.15) is 38.7 Å². The maximum Gasteiger partial charge on any atom is 0.255 e. The van der Waals surface area contributed by atoms with Crippen LogP contribution in [0.25, 0.3) is 0 Å². The fourth-order valence-corrected chi connectivity index (χ4v) is 4.20. The molecule has 0 bridgehead atoms. The number of hydrogen-bond acceptors (Lipinski definition) is 3. The number of ether oxygens (including phenoxy) is 1. The third-order valence-electron chi connectivity index (χ3n) is 5.05. The van der Waals surface area contributed by atoms with Crippen LogP contribution in [0.5, 0.6) is 5.75 Å². The van der Waals surface area contributed by atoms with Crippen molar-refractivity contribution in [2.45, 2.75) is 19.5 Å². The number of methoxy groups -OCH3 is 1. The number of halogens is 2. The van der Waals surface area contributed by atoms with E-state index in [2.05, 4.69) is 4.98 Å². The monoisotopic (exact) mass is 412 g/mol. The summed E-state index contributed by atoms with van der Waals surface area (Å²) < 4.78 is 5.23. The second kappa shape index (κ2) is 7.46. The Hall–Kier alpha value is -2.56. The van der Waals surface area contributed by atoms with Crippen LogP contribution in [0.3, 0.4) is 0 Å². The lowest BCUT2D eigenvalue weighted by molar-refractivity contribution is 0.0735. The highest BCUT2D eigenvalue weighted by atomic mass is 35.5. The van der Waals surface area contributed by atoms with Gasteiger partial charge in [-0.15, -0.1) is 0 Å². The summed E-state index contributed by atoms with van der Waals surface area (Å²) in [4.78, 5) is 19.3. The molecule has 1 aliphatic heterocycles. The molecule has 4 rings (SSSR count). The van der Waals surface area contributed by atoms with Crippen LogP contribution >= 0.6 is 23.2 Å². The van der Waals surface area contributed by atoms with Crippen molar-refractivity contribution in [2.75, 3.05) is 7.11 Å². The molecule has 0 saturated carbocycles. The number of aryl methyl sites for hydroxylation is 1. The molecule has 3 aromatic rings. The SMILES string of the molecule is COc1ccc(CN2C(=O)c3cc(Cl)nc(Cl)c3C2c2ccccc2C)cc1. The van der Waals surface area contributed by atoms with Gasteiger partial charge in [0, 0.05) is 12.1 Å². The number of pyridine rings is 1. The van der Waals surface area contributed by atoms with E-state index in [1.165, 1.54) is 0 Å². The fourth-order valence-electron chi connectivity index (χ4n) is 3.67. The van der Waals surface area contributed by atoms with Gasteiger partial charge in [-0.05, 0) is 41.8 Å². The second-order valence-electron chi connectivity index (χ2n) is 6.74. The summed E-state index contributed by atoms with van der Waals surface area (Å²) in [7, 11) is 1.63. The molecule has 142 valence electrons. The highest BCUT2D eigenvalue weighted by Gasteiger charge is 2.40. The van der Waals surface area contributed by atoms with Gasteiger partial charge in [0.05, 0.1) is 18.7 Å². The molecule has 28 heavy (non-hydrogen) atoms. The first-order chi connectivity index (χ1) is 13.5. The molecule has 1 amide bonds. The van der Waals surface area contributed by atoms with E-state index in [4.69, 9.17) is 27.9 Å². The minimum atomic E-state index is -0.317. The normalized spacial score (nSPS) is 15.6. The van der Waals surface area contributed by atoms with E-state index in [1.54, 1.807) is 13.2 Å². The molecule has 0 radical (unpaired) electrons. The van der Waals surface area contributed by atoms with Crippen molar-refractivity contribution in [1.82, 2.24) is 9.88 Å². The van der Waals surface area contributed by atoms with Crippen LogP contribution in [-0.2, 0) is 6.54 Å². The van der Waals surface area contributed by atoms with E-state index in [9.17, 15) is 4.79 Å². The molecule has 6 heteroatoms. The predicted octanol–water partition coefficient (Wildman–Crippen LogP) is 5.45. The molecule has 0 N–H and O–H groups in total. The Morgan fingerprint density at radius 1 is 1.11 bits per heavy atom. The first-order valence-electron chi connectivity index (χ1n) is 8.85. The number of rotatable bonds is 4. The molecule has 0 aliphatic carbocycles. The quantitative estimate of drug-likeness (QED) is 0.534. The first-order valence-corrected chi connectivity index (χ1v) is 9.60. The minimum Gasteiger partial charge on any atom is -0.497 e. The number of carbonyl (C=O) groups excluding carboxylic acids is 1. The lowest BCUT2D eigenvalue weighted by Gasteiger charge is -2.27. The van der Waals surface area contributed by atoms with E-state index in [1.807, 2.05) is 60.4 Å². The molecule has 1 unspecified atom stereocenters. The van der Waals surface area contributed by atoms with Crippen molar-refractivity contribution in [3.63, 3.8) is 0 Å². The van der Waals surface area contributed by atoms with E-state index in [0.29, 0.717) is 17.7 Å². The summed E-state index contributed by atoms with van der Waals surface area (Å²) in [5.74, 6) is 0.666. The van der Waals surface area contributed by atoms with Crippen molar-refractivity contribution in [3.05, 3.63) is 92.7 Å². The van der Waals surface area contributed by atoms with E-state index < -0.39 is 0 Å². The third-order valence-corrected chi connectivity index (χ3v) is 5.53. The van der Waals surface area contributed by atoms with Gasteiger partial charge in [-0.25, -0.2) is 4.98 Å². The summed E-state index contributed by atoms with van der Waals surface area (Å²) in [6, 6.07) is 17.0. The number of benzene rings is 2. The zero-order valence-electron chi connectivity index (χ0n) is 15.4. The molecule has 4 nitrogen and oxygen atoms in total. The lowest BCUT2D eigenvalue weighted by atomic mass is 9.95. The average molecular weight is 413 g/mol. The van der Waals surface area contributed by atoms with Crippen LogP contribution in [0.15, 0.2) is 54.6 Å². The topological polar surface area (TPSA) is 42.4 Å². The fraction of sp³-hybridized carbons (Fsp3) is 0.182. The van der Waals surface area contributed by atoms with Crippen LogP contribution < -0.4 is 4.74 Å². The predicted molar refractivity (Wildman–Crippen MR) is 110 cm³/mol. The molecule has 1 atom stereocenters. The summed E-state index contributed by atoms with van der Waals surface area (Å²) in [5, 5.41) is 0.480. The Morgan fingerprint density at radius 2 is 1.82 bits per heavy atom. The molecule has 0 fully saturated rings. The van der Waals surface area contributed by atoms with Gasteiger partial charge in [-0.1, -0.05) is 59.6 Å². The van der Waals surface area contributed by atoms with Crippen molar-refractivity contribution in [3.8, 4) is 5.75 Å². The maximum atomic E-state index is 13.3. The minimum absolute atomic E-state index is 0.106. The number of amides is 1. The van der Waals surface area contributed by atoms with Crippen LogP contribution in [0.2, 0.25) is 10.3 Å². The van der Waals surface area contributed by atoms with Gasteiger partial charge in [0.15, 0.2) is 0 Å². The lowest BCUT2D eigenvalue weighted by Crippen LogP contribution is -2.28. The number of aromatic nitrogens is 1. The zero-order valence-corrected chi connectivity index (χ0v) is 17.0. The molecule has 2 aromatic carbocycles. The second-order valence-corrected chi connectivity index (χ2v) is 7.48. The molecular weight excluding hydrogens is 395 g/mol. The molecular formula is C22H18Cl2N2O2. The Kier molecular flexibility index (Phi) is 5.00. The number of carbonyl (C=O) groups is 1. The highest BCUT2D eigenvalue weighted by molar-refractivity contribution is 6.34. The van der Waals surface area contributed by atoms with Crippen LogP contribution in [-0.4, -0.2) is 22.9 Å². The van der Waals surface area contributed by atoms with E-state index in [-0.39, 0.29) is 22.3 Å². The largest absolute Gasteiger partial charge is 0.497 e. The number of nitrogens with zero attached hydrogens (tertiary/aromatic N) is 2. The van der Waals surface area contributed by atoms with Gasteiger partial charge in [-0.3, -0.25) is 4.79 Å². The summed E-state index contributed by atoms with van der Waals surface area (Å²) >= 11 is 12.5. The smallest absolute Gasteiger partial charge is 0.255 e.